The normalized spacial score (nSPS) is 10.1. The first-order valence-electron chi connectivity index (χ1n) is 6.20. The number of nitro groups is 1. The maximum absolute atomic E-state index is 12.0. The number of amides is 1. The van der Waals surface area contributed by atoms with Crippen LogP contribution in [0.4, 0.5) is 5.69 Å². The number of aromatic nitrogens is 1. The molecule has 0 aliphatic rings. The number of hydrogen-bond donors (Lipinski definition) is 1. The Morgan fingerprint density at radius 3 is 2.76 bits per heavy atom. The number of carbonyl (C=O) groups is 1. The Labute approximate surface area is 125 Å². The van der Waals surface area contributed by atoms with Gasteiger partial charge in [-0.05, 0) is 18.2 Å². The van der Waals surface area contributed by atoms with E-state index >= 15 is 0 Å². The first-order chi connectivity index (χ1) is 10.1. The summed E-state index contributed by atoms with van der Waals surface area (Å²) in [6.45, 7) is 0.370. The van der Waals surface area contributed by atoms with Gasteiger partial charge in [0, 0.05) is 30.9 Å². The molecule has 0 unspecified atom stereocenters. The number of hydrogen-bond acceptors (Lipinski definition) is 4. The molecule has 1 aromatic heterocycles. The molecule has 0 atom stereocenters. The van der Waals surface area contributed by atoms with Gasteiger partial charge in [-0.2, -0.15) is 0 Å². The predicted molar refractivity (Wildman–Crippen MR) is 78.4 cm³/mol. The van der Waals surface area contributed by atoms with Crippen molar-refractivity contribution in [2.24, 2.45) is 0 Å². The van der Waals surface area contributed by atoms with Gasteiger partial charge >= 0.3 is 0 Å². The van der Waals surface area contributed by atoms with E-state index in [9.17, 15) is 14.9 Å². The molecule has 0 radical (unpaired) electrons. The molecule has 2 rings (SSSR count). The summed E-state index contributed by atoms with van der Waals surface area (Å²) in [5.74, 6) is -0.445. The second-order valence-electron chi connectivity index (χ2n) is 4.22. The van der Waals surface area contributed by atoms with E-state index in [4.69, 9.17) is 11.6 Å². The Hall–Kier alpha value is -2.47. The number of rotatable bonds is 5. The molecule has 7 heteroatoms. The first kappa shape index (κ1) is 14.9. The highest BCUT2D eigenvalue weighted by Gasteiger charge is 2.19. The van der Waals surface area contributed by atoms with Crippen molar-refractivity contribution in [2.45, 2.75) is 6.42 Å². The minimum Gasteiger partial charge on any atom is -0.352 e. The van der Waals surface area contributed by atoms with Crippen LogP contribution in [0.15, 0.2) is 42.6 Å². The van der Waals surface area contributed by atoms with Crippen LogP contribution in [0.5, 0.6) is 0 Å². The van der Waals surface area contributed by atoms with Gasteiger partial charge in [-0.15, -0.1) is 0 Å². The summed E-state index contributed by atoms with van der Waals surface area (Å²) < 4.78 is 0. The van der Waals surface area contributed by atoms with Gasteiger partial charge in [-0.25, -0.2) is 0 Å². The van der Waals surface area contributed by atoms with Crippen molar-refractivity contribution < 1.29 is 9.72 Å². The minimum atomic E-state index is -0.618. The zero-order valence-electron chi connectivity index (χ0n) is 11.0. The Kier molecular flexibility index (Phi) is 4.84. The van der Waals surface area contributed by atoms with Gasteiger partial charge in [0.05, 0.1) is 10.5 Å². The fraction of sp³-hybridized carbons (Fsp3) is 0.143. The van der Waals surface area contributed by atoms with E-state index < -0.39 is 10.8 Å². The third kappa shape index (κ3) is 3.76. The van der Waals surface area contributed by atoms with E-state index in [-0.39, 0.29) is 16.3 Å². The Morgan fingerprint density at radius 2 is 2.10 bits per heavy atom. The van der Waals surface area contributed by atoms with Gasteiger partial charge in [-0.1, -0.05) is 23.7 Å². The lowest BCUT2D eigenvalue weighted by molar-refractivity contribution is -0.384. The average molecular weight is 306 g/mol. The Balaban J connectivity index is 2.01. The molecule has 0 saturated carbocycles. The molecule has 2 aromatic rings. The summed E-state index contributed by atoms with van der Waals surface area (Å²) in [6.07, 6.45) is 2.24. The number of nitrogens with one attached hydrogen (secondary N) is 1. The van der Waals surface area contributed by atoms with Crippen LogP contribution in [-0.2, 0) is 6.42 Å². The van der Waals surface area contributed by atoms with Crippen molar-refractivity contribution in [1.82, 2.24) is 10.3 Å². The van der Waals surface area contributed by atoms with Crippen molar-refractivity contribution in [2.75, 3.05) is 6.54 Å². The van der Waals surface area contributed by atoms with Gasteiger partial charge in [0.1, 0.15) is 5.02 Å². The number of halogens is 1. The highest BCUT2D eigenvalue weighted by atomic mass is 35.5. The van der Waals surface area contributed by atoms with Crippen LogP contribution < -0.4 is 5.32 Å². The zero-order valence-corrected chi connectivity index (χ0v) is 11.7. The van der Waals surface area contributed by atoms with E-state index in [0.717, 1.165) is 5.69 Å². The van der Waals surface area contributed by atoms with Gasteiger partial charge < -0.3 is 5.32 Å². The molecule has 6 nitrogen and oxygen atoms in total. The van der Waals surface area contributed by atoms with Gasteiger partial charge in [0.25, 0.3) is 11.6 Å². The minimum absolute atomic E-state index is 0.0897. The molecule has 1 N–H and O–H groups in total. The van der Waals surface area contributed by atoms with E-state index in [0.29, 0.717) is 13.0 Å². The molecule has 0 fully saturated rings. The molecular formula is C14H12ClN3O3. The van der Waals surface area contributed by atoms with Crippen LogP contribution >= 0.6 is 11.6 Å². The third-order valence-electron chi connectivity index (χ3n) is 2.81. The molecule has 1 amide bonds. The van der Waals surface area contributed by atoms with E-state index in [1.807, 2.05) is 18.2 Å². The smallest absolute Gasteiger partial charge is 0.288 e. The van der Waals surface area contributed by atoms with Crippen LogP contribution in [0, 0.1) is 10.1 Å². The highest BCUT2D eigenvalue weighted by Crippen LogP contribution is 2.27. The van der Waals surface area contributed by atoms with Crippen LogP contribution in [-0.4, -0.2) is 22.4 Å². The van der Waals surface area contributed by atoms with Gasteiger partial charge in [0.15, 0.2) is 0 Å². The average Bonchev–Trinajstić information content (AvgIpc) is 2.48. The standard InChI is InChI=1S/C14H12ClN3O3/c15-13-11(5-3-6-12(13)18(20)21)14(19)17-9-7-10-4-1-2-8-16-10/h1-6,8H,7,9H2,(H,17,19). The van der Waals surface area contributed by atoms with E-state index in [1.165, 1.54) is 18.2 Å². The van der Waals surface area contributed by atoms with Crippen LogP contribution in [0.25, 0.3) is 0 Å². The molecule has 1 heterocycles. The summed E-state index contributed by atoms with van der Waals surface area (Å²) in [5, 5.41) is 13.3. The second-order valence-corrected chi connectivity index (χ2v) is 4.60. The molecule has 0 spiro atoms. The Bertz CT molecular complexity index is 662. The molecule has 108 valence electrons. The first-order valence-corrected chi connectivity index (χ1v) is 6.58. The zero-order chi connectivity index (χ0) is 15.2. The van der Waals surface area contributed by atoms with Crippen molar-refractivity contribution in [3.05, 3.63) is 69.0 Å². The van der Waals surface area contributed by atoms with Crippen molar-refractivity contribution in [3.63, 3.8) is 0 Å². The highest BCUT2D eigenvalue weighted by molar-refractivity contribution is 6.35. The summed E-state index contributed by atoms with van der Waals surface area (Å²) in [7, 11) is 0. The fourth-order valence-electron chi connectivity index (χ4n) is 1.78. The predicted octanol–water partition coefficient (Wildman–Crippen LogP) is 2.62. The second kappa shape index (κ2) is 6.81. The lowest BCUT2D eigenvalue weighted by Crippen LogP contribution is -2.26. The van der Waals surface area contributed by atoms with E-state index in [1.54, 1.807) is 6.20 Å². The number of carbonyl (C=O) groups excluding carboxylic acids is 1. The number of pyridine rings is 1. The largest absolute Gasteiger partial charge is 0.352 e. The molecule has 0 saturated heterocycles. The topological polar surface area (TPSA) is 85.1 Å². The summed E-state index contributed by atoms with van der Waals surface area (Å²) in [4.78, 5) is 26.3. The fourth-order valence-corrected chi connectivity index (χ4v) is 2.06. The maximum atomic E-state index is 12.0. The summed E-state index contributed by atoms with van der Waals surface area (Å²) >= 11 is 5.88. The van der Waals surface area contributed by atoms with Crippen LogP contribution in [0.3, 0.4) is 0 Å². The molecule has 21 heavy (non-hydrogen) atoms. The van der Waals surface area contributed by atoms with Gasteiger partial charge in [0.2, 0.25) is 0 Å². The quantitative estimate of drug-likeness (QED) is 0.679. The van der Waals surface area contributed by atoms with Crippen molar-refractivity contribution >= 4 is 23.2 Å². The number of benzene rings is 1. The van der Waals surface area contributed by atoms with Crippen molar-refractivity contribution in [3.8, 4) is 0 Å². The third-order valence-corrected chi connectivity index (χ3v) is 3.21. The van der Waals surface area contributed by atoms with Crippen LogP contribution in [0.1, 0.15) is 16.1 Å². The maximum Gasteiger partial charge on any atom is 0.288 e. The lowest BCUT2D eigenvalue weighted by atomic mass is 10.2. The monoisotopic (exact) mass is 305 g/mol. The molecular weight excluding hydrogens is 294 g/mol. The SMILES string of the molecule is O=C(NCCc1ccccn1)c1cccc([N+](=O)[O-])c1Cl. The van der Waals surface area contributed by atoms with Crippen LogP contribution in [0.2, 0.25) is 5.02 Å². The summed E-state index contributed by atoms with van der Waals surface area (Å²) in [5.41, 5.74) is 0.656. The molecule has 0 bridgehead atoms. The number of nitrogens with zero attached hydrogens (tertiary/aromatic N) is 2. The molecule has 0 aliphatic heterocycles. The number of nitro benzene ring substituents is 1. The summed E-state index contributed by atoms with van der Waals surface area (Å²) in [6, 6.07) is 9.66. The lowest BCUT2D eigenvalue weighted by Gasteiger charge is -2.06. The van der Waals surface area contributed by atoms with Crippen molar-refractivity contribution in [1.29, 1.82) is 0 Å². The molecule has 1 aromatic carbocycles. The van der Waals surface area contributed by atoms with E-state index in [2.05, 4.69) is 10.3 Å². The molecule has 0 aliphatic carbocycles. The van der Waals surface area contributed by atoms with Gasteiger partial charge in [-0.3, -0.25) is 19.9 Å². The Morgan fingerprint density at radius 1 is 1.29 bits per heavy atom.